The molecule has 1 fully saturated rings. The van der Waals surface area contributed by atoms with Gasteiger partial charge >= 0.3 is 6.18 Å². The van der Waals surface area contributed by atoms with E-state index in [1.165, 1.54) is 0 Å². The number of aromatic amines is 1. The van der Waals surface area contributed by atoms with Crippen LogP contribution in [-0.2, 0) is 15.8 Å². The number of aromatic nitrogens is 1. The Bertz CT molecular complexity index is 1290. The molecule has 1 heterocycles. The van der Waals surface area contributed by atoms with Crippen molar-refractivity contribution in [2.75, 3.05) is 25.5 Å². The molecule has 12 heteroatoms. The van der Waals surface area contributed by atoms with Gasteiger partial charge in [0.05, 0.1) is 7.11 Å². The topological polar surface area (TPSA) is 113 Å². The Kier molecular flexibility index (Phi) is 7.89. The molecule has 200 valence electrons. The average Bonchev–Trinajstić information content (AvgIpc) is 3.53. The highest BCUT2D eigenvalue weighted by Crippen LogP contribution is 2.29. The molecule has 3 N–H and O–H groups in total. The number of H-pyrrole nitrogens is 1. The number of rotatable bonds is 10. The summed E-state index contributed by atoms with van der Waals surface area (Å²) < 4.78 is 49.7. The third-order valence-corrected chi connectivity index (χ3v) is 5.55. The van der Waals surface area contributed by atoms with Crippen molar-refractivity contribution in [1.29, 1.82) is 0 Å². The summed E-state index contributed by atoms with van der Waals surface area (Å²) in [5.41, 5.74) is -1.10. The molecule has 3 aromatic rings. The summed E-state index contributed by atoms with van der Waals surface area (Å²) in [7, 11) is 1.56. The minimum Gasteiger partial charge on any atom is -0.497 e. The smallest absolute Gasteiger partial charge is 0.431 e. The molecule has 3 amide bonds. The maximum atomic E-state index is 13.0. The monoisotopic (exact) mass is 530 g/mol. The van der Waals surface area contributed by atoms with Gasteiger partial charge in [-0.25, -0.2) is 0 Å². The molecule has 0 spiro atoms. The Labute approximate surface area is 215 Å². The molecular weight excluding hydrogens is 505 g/mol. The summed E-state index contributed by atoms with van der Waals surface area (Å²) in [6.07, 6.45) is -3.05. The van der Waals surface area contributed by atoms with Crippen LogP contribution in [0.25, 0.3) is 0 Å². The van der Waals surface area contributed by atoms with Crippen molar-refractivity contribution in [2.45, 2.75) is 25.1 Å². The minimum atomic E-state index is -4.67. The maximum Gasteiger partial charge on any atom is 0.431 e. The number of ether oxygens (including phenoxy) is 2. The van der Waals surface area contributed by atoms with Gasteiger partial charge in [-0.3, -0.25) is 14.4 Å². The van der Waals surface area contributed by atoms with E-state index in [2.05, 4.69) is 10.6 Å². The SMILES string of the molecule is COc1ccc(Oc2ccc(NC(=O)CN(CC(=O)NC3CC3)C(=O)c3ccc(C(F)(F)F)[nH]3)cc2)cc1. The van der Waals surface area contributed by atoms with Gasteiger partial charge in [0, 0.05) is 11.7 Å². The summed E-state index contributed by atoms with van der Waals surface area (Å²) in [5.74, 6) is -0.275. The number of benzene rings is 2. The number of hydrogen-bond donors (Lipinski definition) is 3. The molecule has 9 nitrogen and oxygen atoms in total. The lowest BCUT2D eigenvalue weighted by atomic mass is 10.3. The molecule has 38 heavy (non-hydrogen) atoms. The molecule has 4 rings (SSSR count). The zero-order chi connectivity index (χ0) is 27.3. The number of halogens is 3. The summed E-state index contributed by atoms with van der Waals surface area (Å²) in [6, 6.07) is 15.1. The first kappa shape index (κ1) is 26.6. The summed E-state index contributed by atoms with van der Waals surface area (Å²) in [4.78, 5) is 40.8. The highest BCUT2D eigenvalue weighted by atomic mass is 19.4. The second-order valence-electron chi connectivity index (χ2n) is 8.64. The lowest BCUT2D eigenvalue weighted by Crippen LogP contribution is -2.45. The molecule has 1 aromatic heterocycles. The Hall–Kier alpha value is -4.48. The molecule has 1 saturated carbocycles. The Morgan fingerprint density at radius 3 is 2.03 bits per heavy atom. The van der Waals surface area contributed by atoms with Gasteiger partial charge in [0.15, 0.2) is 0 Å². The van der Waals surface area contributed by atoms with Crippen molar-refractivity contribution in [1.82, 2.24) is 15.2 Å². The van der Waals surface area contributed by atoms with Crippen LogP contribution in [0.15, 0.2) is 60.7 Å². The molecule has 0 atom stereocenters. The molecule has 0 bridgehead atoms. The fourth-order valence-electron chi connectivity index (χ4n) is 3.49. The number of nitrogens with zero attached hydrogens (tertiary/aromatic N) is 1. The molecule has 1 aliphatic rings. The summed E-state index contributed by atoms with van der Waals surface area (Å²) in [5, 5.41) is 5.31. The van der Waals surface area contributed by atoms with Gasteiger partial charge in [0.1, 0.15) is 41.7 Å². The van der Waals surface area contributed by atoms with Crippen LogP contribution >= 0.6 is 0 Å². The first-order chi connectivity index (χ1) is 18.1. The third kappa shape index (κ3) is 7.28. The van der Waals surface area contributed by atoms with Crippen LogP contribution in [0.1, 0.15) is 29.0 Å². The number of anilines is 1. The zero-order valence-electron chi connectivity index (χ0n) is 20.3. The molecule has 0 saturated heterocycles. The van der Waals surface area contributed by atoms with E-state index in [1.54, 1.807) is 55.6 Å². The van der Waals surface area contributed by atoms with E-state index in [-0.39, 0.29) is 11.7 Å². The second-order valence-corrected chi connectivity index (χ2v) is 8.64. The van der Waals surface area contributed by atoms with E-state index in [4.69, 9.17) is 9.47 Å². The van der Waals surface area contributed by atoms with Crippen LogP contribution < -0.4 is 20.1 Å². The van der Waals surface area contributed by atoms with Crippen molar-refractivity contribution in [3.8, 4) is 17.2 Å². The largest absolute Gasteiger partial charge is 0.497 e. The van der Waals surface area contributed by atoms with Crippen LogP contribution in [0.4, 0.5) is 18.9 Å². The highest BCUT2D eigenvalue weighted by molar-refractivity contribution is 6.00. The Morgan fingerprint density at radius 1 is 0.895 bits per heavy atom. The average molecular weight is 531 g/mol. The van der Waals surface area contributed by atoms with Crippen molar-refractivity contribution in [3.63, 3.8) is 0 Å². The molecule has 0 aliphatic heterocycles. The normalized spacial score (nSPS) is 12.9. The third-order valence-electron chi connectivity index (χ3n) is 5.55. The van der Waals surface area contributed by atoms with Gasteiger partial charge in [-0.05, 0) is 73.5 Å². The molecule has 0 radical (unpaired) electrons. The van der Waals surface area contributed by atoms with Crippen molar-refractivity contribution >= 4 is 23.4 Å². The van der Waals surface area contributed by atoms with Gasteiger partial charge in [-0.15, -0.1) is 0 Å². The van der Waals surface area contributed by atoms with E-state index >= 15 is 0 Å². The van der Waals surface area contributed by atoms with Gasteiger partial charge < -0.3 is 30.0 Å². The Balaban J connectivity index is 1.39. The summed E-state index contributed by atoms with van der Waals surface area (Å²) in [6.45, 7) is -1.04. The van der Waals surface area contributed by atoms with Crippen LogP contribution in [0.2, 0.25) is 0 Å². The minimum absolute atomic E-state index is 0.00856. The predicted molar refractivity (Wildman–Crippen MR) is 131 cm³/mol. The first-order valence-corrected chi connectivity index (χ1v) is 11.7. The lowest BCUT2D eigenvalue weighted by Gasteiger charge is -2.21. The van der Waals surface area contributed by atoms with E-state index in [9.17, 15) is 27.6 Å². The molecule has 2 aromatic carbocycles. The number of amides is 3. The summed E-state index contributed by atoms with van der Waals surface area (Å²) >= 11 is 0. The predicted octanol–water partition coefficient (Wildman–Crippen LogP) is 4.19. The Morgan fingerprint density at radius 2 is 1.47 bits per heavy atom. The van der Waals surface area contributed by atoms with Crippen LogP contribution in [0, 0.1) is 0 Å². The second kappa shape index (κ2) is 11.3. The van der Waals surface area contributed by atoms with Crippen LogP contribution in [0.3, 0.4) is 0 Å². The highest BCUT2D eigenvalue weighted by Gasteiger charge is 2.34. The molecule has 1 aliphatic carbocycles. The van der Waals surface area contributed by atoms with Crippen molar-refractivity contribution < 1.29 is 37.0 Å². The van der Waals surface area contributed by atoms with Crippen LogP contribution in [0.5, 0.6) is 17.2 Å². The van der Waals surface area contributed by atoms with Crippen LogP contribution in [-0.4, -0.2) is 53.8 Å². The molecule has 0 unspecified atom stereocenters. The van der Waals surface area contributed by atoms with Gasteiger partial charge in [0.2, 0.25) is 11.8 Å². The van der Waals surface area contributed by atoms with E-state index in [0.717, 1.165) is 29.9 Å². The quantitative estimate of drug-likeness (QED) is 0.364. The van der Waals surface area contributed by atoms with E-state index < -0.39 is 42.7 Å². The fraction of sp³-hybridized carbons (Fsp3) is 0.269. The lowest BCUT2D eigenvalue weighted by molar-refractivity contribution is -0.140. The number of nitrogens with one attached hydrogen (secondary N) is 3. The van der Waals surface area contributed by atoms with Gasteiger partial charge in [-0.2, -0.15) is 13.2 Å². The maximum absolute atomic E-state index is 13.0. The zero-order valence-corrected chi connectivity index (χ0v) is 20.3. The number of methoxy groups -OCH3 is 1. The van der Waals surface area contributed by atoms with Crippen molar-refractivity contribution in [2.24, 2.45) is 0 Å². The first-order valence-electron chi connectivity index (χ1n) is 11.7. The van der Waals surface area contributed by atoms with Gasteiger partial charge in [0.25, 0.3) is 5.91 Å². The van der Waals surface area contributed by atoms with Gasteiger partial charge in [-0.1, -0.05) is 0 Å². The van der Waals surface area contributed by atoms with E-state index in [1.807, 2.05) is 4.98 Å². The van der Waals surface area contributed by atoms with E-state index in [0.29, 0.717) is 22.9 Å². The fourth-order valence-corrected chi connectivity index (χ4v) is 3.49. The number of carbonyl (C=O) groups excluding carboxylic acids is 3. The van der Waals surface area contributed by atoms with Crippen molar-refractivity contribution in [3.05, 3.63) is 72.1 Å². The number of carbonyl (C=O) groups is 3. The number of hydrogen-bond acceptors (Lipinski definition) is 5. The standard InChI is InChI=1S/C26H25F3N4O5/c1-37-18-8-10-20(11-9-18)38-19-6-4-17(5-7-19)31-24(35)15-33(14-23(34)30-16-2-3-16)25(36)21-12-13-22(32-21)26(27,28)29/h4-13,16,32H,2-3,14-15H2,1H3,(H,30,34)(H,31,35). The molecular formula is C26H25F3N4O5. The number of alkyl halides is 3.